The van der Waals surface area contributed by atoms with Gasteiger partial charge in [0.2, 0.25) is 0 Å². The Labute approximate surface area is 246 Å². The zero-order chi connectivity index (χ0) is 31.2. The molecule has 0 aromatic heterocycles. The zero-order valence-electron chi connectivity index (χ0n) is 24.4. The molecule has 0 saturated heterocycles. The molecule has 0 amide bonds. The Morgan fingerprint density at radius 3 is 1.84 bits per heavy atom. The standard InChI is InChI=1S/C33H32O10/c1-32(39)10-14-6-16-26(30(37)24(14)20(35)12-32)19(34)9-23(43-5)28(16)25-17-7-15(41-3)8-22(42-4)29(17)31(38)27-18(25)11-33(2,40)13-21(27)36/h6-9,34,37-40H,10-13H2,1-5H3. The van der Waals surface area contributed by atoms with Crippen LogP contribution in [0.5, 0.6) is 34.5 Å². The molecule has 0 heterocycles. The van der Waals surface area contributed by atoms with Crippen molar-refractivity contribution in [2.45, 2.75) is 50.7 Å². The van der Waals surface area contributed by atoms with Crippen molar-refractivity contribution in [2.24, 2.45) is 0 Å². The van der Waals surface area contributed by atoms with E-state index in [4.69, 9.17) is 14.2 Å². The van der Waals surface area contributed by atoms with Crippen molar-refractivity contribution in [3.05, 3.63) is 46.5 Å². The Kier molecular flexibility index (Phi) is 6.30. The number of aliphatic hydroxyl groups is 2. The van der Waals surface area contributed by atoms with Crippen molar-refractivity contribution in [2.75, 3.05) is 21.3 Å². The third-order valence-corrected chi connectivity index (χ3v) is 8.54. The molecule has 224 valence electrons. The first-order chi connectivity index (χ1) is 20.2. The zero-order valence-corrected chi connectivity index (χ0v) is 24.4. The summed E-state index contributed by atoms with van der Waals surface area (Å²) in [6.45, 7) is 3.07. The number of ether oxygens (including phenoxy) is 3. The number of fused-ring (bicyclic) bond motifs is 4. The Bertz CT molecular complexity index is 1900. The minimum absolute atomic E-state index is 0.0149. The second-order valence-electron chi connectivity index (χ2n) is 12.0. The van der Waals surface area contributed by atoms with Gasteiger partial charge < -0.3 is 39.7 Å². The van der Waals surface area contributed by atoms with Gasteiger partial charge in [-0.25, -0.2) is 0 Å². The second-order valence-corrected chi connectivity index (χ2v) is 12.0. The number of aromatic hydroxyl groups is 3. The molecule has 0 saturated carbocycles. The molecule has 2 aliphatic carbocycles. The van der Waals surface area contributed by atoms with Crippen molar-refractivity contribution in [3.63, 3.8) is 0 Å². The molecule has 10 heteroatoms. The number of benzene rings is 4. The van der Waals surface area contributed by atoms with Crippen LogP contribution in [0.15, 0.2) is 24.3 Å². The molecule has 43 heavy (non-hydrogen) atoms. The molecule has 5 N–H and O–H groups in total. The molecular weight excluding hydrogens is 556 g/mol. The summed E-state index contributed by atoms with van der Waals surface area (Å²) in [6, 6.07) is 6.16. The first-order valence-electron chi connectivity index (χ1n) is 13.8. The summed E-state index contributed by atoms with van der Waals surface area (Å²) < 4.78 is 16.9. The Morgan fingerprint density at radius 2 is 1.21 bits per heavy atom. The number of carbonyl (C=O) groups is 2. The molecule has 0 bridgehead atoms. The van der Waals surface area contributed by atoms with E-state index in [0.29, 0.717) is 33.4 Å². The van der Waals surface area contributed by atoms with E-state index in [1.165, 1.54) is 41.2 Å². The maximum Gasteiger partial charge on any atom is 0.169 e. The van der Waals surface area contributed by atoms with Gasteiger partial charge in [-0.1, -0.05) is 0 Å². The first kappa shape index (κ1) is 28.6. The molecule has 2 atom stereocenters. The van der Waals surface area contributed by atoms with Crippen LogP contribution in [0.1, 0.15) is 58.5 Å². The largest absolute Gasteiger partial charge is 0.507 e. The summed E-state index contributed by atoms with van der Waals surface area (Å²) in [4.78, 5) is 26.6. The number of ketones is 2. The molecule has 0 fully saturated rings. The summed E-state index contributed by atoms with van der Waals surface area (Å²) in [5.74, 6) is -1.28. The van der Waals surface area contributed by atoms with Crippen LogP contribution in [-0.2, 0) is 12.8 Å². The van der Waals surface area contributed by atoms with Crippen LogP contribution in [0.4, 0.5) is 0 Å². The third-order valence-electron chi connectivity index (χ3n) is 8.54. The molecule has 6 rings (SSSR count). The molecule has 0 spiro atoms. The lowest BCUT2D eigenvalue weighted by Gasteiger charge is -2.33. The van der Waals surface area contributed by atoms with Crippen molar-refractivity contribution in [3.8, 4) is 45.6 Å². The molecular formula is C33H32O10. The average Bonchev–Trinajstić information content (AvgIpc) is 2.90. The minimum atomic E-state index is -1.45. The number of rotatable bonds is 4. The first-order valence-corrected chi connectivity index (χ1v) is 13.8. The number of phenols is 3. The lowest BCUT2D eigenvalue weighted by atomic mass is 9.74. The smallest absolute Gasteiger partial charge is 0.169 e. The van der Waals surface area contributed by atoms with Gasteiger partial charge in [-0.3, -0.25) is 9.59 Å². The fraction of sp³-hybridized carbons (Fsp3) is 0.333. The molecule has 2 unspecified atom stereocenters. The quantitative estimate of drug-likeness (QED) is 0.228. The molecule has 0 radical (unpaired) electrons. The lowest BCUT2D eigenvalue weighted by Crippen LogP contribution is -2.36. The minimum Gasteiger partial charge on any atom is -0.507 e. The monoisotopic (exact) mass is 588 g/mol. The van der Waals surface area contributed by atoms with E-state index in [-0.39, 0.29) is 76.0 Å². The number of hydrogen-bond acceptors (Lipinski definition) is 10. The maximum absolute atomic E-state index is 13.5. The highest BCUT2D eigenvalue weighted by Gasteiger charge is 2.40. The SMILES string of the molecule is COc1cc(OC)c2c(O)c3c(c(-c4c(OC)cc(O)c5c(O)c6c(cc45)CC(C)(O)CC6=O)c2c1)CC(C)(O)CC3=O. The van der Waals surface area contributed by atoms with Crippen LogP contribution in [0.25, 0.3) is 32.7 Å². The van der Waals surface area contributed by atoms with Gasteiger partial charge in [0.05, 0.1) is 54.4 Å². The second kappa shape index (κ2) is 9.48. The Morgan fingerprint density at radius 1 is 0.628 bits per heavy atom. The van der Waals surface area contributed by atoms with Gasteiger partial charge in [0.15, 0.2) is 11.6 Å². The van der Waals surface area contributed by atoms with E-state index >= 15 is 0 Å². The van der Waals surface area contributed by atoms with Gasteiger partial charge in [0.1, 0.15) is 34.5 Å². The van der Waals surface area contributed by atoms with Crippen LogP contribution < -0.4 is 14.2 Å². The summed E-state index contributed by atoms with van der Waals surface area (Å²) in [5.41, 5.74) is -1.37. The highest BCUT2D eigenvalue weighted by atomic mass is 16.5. The Hall–Kier alpha value is -4.54. The highest BCUT2D eigenvalue weighted by molar-refractivity contribution is 6.20. The van der Waals surface area contributed by atoms with Gasteiger partial charge >= 0.3 is 0 Å². The predicted octanol–water partition coefficient (Wildman–Crippen LogP) is 4.56. The van der Waals surface area contributed by atoms with E-state index in [9.17, 15) is 35.1 Å². The summed E-state index contributed by atoms with van der Waals surface area (Å²) in [6.07, 6.45) is -0.397. The highest BCUT2D eigenvalue weighted by Crippen LogP contribution is 2.55. The summed E-state index contributed by atoms with van der Waals surface area (Å²) >= 11 is 0. The topological polar surface area (TPSA) is 163 Å². The summed E-state index contributed by atoms with van der Waals surface area (Å²) in [7, 11) is 4.29. The Balaban J connectivity index is 1.88. The third kappa shape index (κ3) is 4.24. The van der Waals surface area contributed by atoms with Crippen LogP contribution >= 0.6 is 0 Å². The van der Waals surface area contributed by atoms with E-state index in [2.05, 4.69) is 0 Å². The lowest BCUT2D eigenvalue weighted by molar-refractivity contribution is 0.0396. The van der Waals surface area contributed by atoms with Crippen molar-refractivity contribution < 1.29 is 49.3 Å². The van der Waals surface area contributed by atoms with Crippen LogP contribution in [0.2, 0.25) is 0 Å². The number of methoxy groups -OCH3 is 3. The summed E-state index contributed by atoms with van der Waals surface area (Å²) in [5, 5.41) is 57.0. The number of carbonyl (C=O) groups excluding carboxylic acids is 2. The number of Topliss-reactive ketones (excluding diaryl/α,β-unsaturated/α-hetero) is 2. The fourth-order valence-electron chi connectivity index (χ4n) is 6.86. The normalized spacial score (nSPS) is 21.6. The van der Waals surface area contributed by atoms with Gasteiger partial charge in [-0.2, -0.15) is 0 Å². The number of hydrogen-bond donors (Lipinski definition) is 5. The molecule has 4 aromatic rings. The average molecular weight is 589 g/mol. The van der Waals surface area contributed by atoms with Gasteiger partial charge in [-0.15, -0.1) is 0 Å². The van der Waals surface area contributed by atoms with E-state index < -0.39 is 28.5 Å². The van der Waals surface area contributed by atoms with Crippen molar-refractivity contribution in [1.82, 2.24) is 0 Å². The maximum atomic E-state index is 13.5. The van der Waals surface area contributed by atoms with Crippen molar-refractivity contribution >= 4 is 33.1 Å². The van der Waals surface area contributed by atoms with E-state index in [1.807, 2.05) is 0 Å². The van der Waals surface area contributed by atoms with Gasteiger partial charge in [0.25, 0.3) is 0 Å². The molecule has 4 aromatic carbocycles. The molecule has 0 aliphatic heterocycles. The fourth-order valence-corrected chi connectivity index (χ4v) is 6.86. The predicted molar refractivity (Wildman–Crippen MR) is 158 cm³/mol. The van der Waals surface area contributed by atoms with Crippen LogP contribution in [-0.4, -0.2) is 69.6 Å². The van der Waals surface area contributed by atoms with Crippen molar-refractivity contribution in [1.29, 1.82) is 0 Å². The van der Waals surface area contributed by atoms with Gasteiger partial charge in [0, 0.05) is 54.2 Å². The number of phenolic OH excluding ortho intramolecular Hbond substituents is 3. The van der Waals surface area contributed by atoms with Gasteiger partial charge in [-0.05, 0) is 42.7 Å². The van der Waals surface area contributed by atoms with Crippen LogP contribution in [0.3, 0.4) is 0 Å². The van der Waals surface area contributed by atoms with E-state index in [0.717, 1.165) is 0 Å². The van der Waals surface area contributed by atoms with E-state index in [1.54, 1.807) is 18.2 Å². The van der Waals surface area contributed by atoms with Crippen LogP contribution in [0, 0.1) is 0 Å². The molecule has 10 nitrogen and oxygen atoms in total. The molecule has 2 aliphatic rings.